The summed E-state index contributed by atoms with van der Waals surface area (Å²) in [4.78, 5) is 4.06. The highest BCUT2D eigenvalue weighted by atomic mass is 35.5. The van der Waals surface area contributed by atoms with E-state index in [1.165, 1.54) is 17.4 Å². The van der Waals surface area contributed by atoms with E-state index in [4.69, 9.17) is 4.55 Å². The molecule has 82 valence electrons. The largest absolute Gasteiger partial charge is 0.296 e. The monoisotopic (exact) mass is 265 g/mol. The van der Waals surface area contributed by atoms with Gasteiger partial charge in [0.2, 0.25) is 0 Å². The minimum Gasteiger partial charge on any atom is -0.282 e. The van der Waals surface area contributed by atoms with Crippen molar-refractivity contribution in [3.63, 3.8) is 0 Å². The Balaban J connectivity index is 0.00000112. The Morgan fingerprint density at radius 1 is 1.40 bits per heavy atom. The highest BCUT2D eigenvalue weighted by Crippen LogP contribution is 2.27. The van der Waals surface area contributed by atoms with Crippen LogP contribution >= 0.6 is 23.7 Å². The van der Waals surface area contributed by atoms with Gasteiger partial charge in [0.15, 0.2) is 0 Å². The molecule has 2 aromatic rings. The van der Waals surface area contributed by atoms with E-state index in [-0.39, 0.29) is 17.3 Å². The maximum Gasteiger partial charge on any atom is 0.296 e. The molecule has 0 radical (unpaired) electrons. The molecule has 0 bridgehead atoms. The molecular formula is C8H8ClNO3S2. The van der Waals surface area contributed by atoms with Crippen LogP contribution in [-0.4, -0.2) is 18.0 Å². The summed E-state index contributed by atoms with van der Waals surface area (Å²) < 4.78 is 31.4. The zero-order chi connectivity index (χ0) is 10.3. The SMILES string of the molecule is Cc1nc2cccc(S(=O)(=O)O)c2s1.Cl. The second kappa shape index (κ2) is 4.05. The highest BCUT2D eigenvalue weighted by molar-refractivity contribution is 7.86. The molecule has 7 heteroatoms. The molecule has 15 heavy (non-hydrogen) atoms. The number of halogens is 1. The number of hydrogen-bond donors (Lipinski definition) is 1. The highest BCUT2D eigenvalue weighted by Gasteiger charge is 2.15. The first-order chi connectivity index (χ1) is 6.48. The summed E-state index contributed by atoms with van der Waals surface area (Å²) in [7, 11) is -4.15. The van der Waals surface area contributed by atoms with Crippen LogP contribution in [0.25, 0.3) is 10.2 Å². The second-order valence-electron chi connectivity index (χ2n) is 2.81. The predicted octanol–water partition coefficient (Wildman–Crippen LogP) is 2.27. The molecule has 0 fully saturated rings. The summed E-state index contributed by atoms with van der Waals surface area (Å²) in [6, 6.07) is 4.65. The van der Waals surface area contributed by atoms with Gasteiger partial charge < -0.3 is 0 Å². The summed E-state index contributed by atoms with van der Waals surface area (Å²) in [6.45, 7) is 1.79. The number of thiazole rings is 1. The van der Waals surface area contributed by atoms with Crippen LogP contribution < -0.4 is 0 Å². The van der Waals surface area contributed by atoms with Gasteiger partial charge in [-0.2, -0.15) is 8.42 Å². The number of benzene rings is 1. The van der Waals surface area contributed by atoms with Gasteiger partial charge in [0.05, 0.1) is 15.2 Å². The summed E-state index contributed by atoms with van der Waals surface area (Å²) in [5.41, 5.74) is 0.600. The molecule has 0 spiro atoms. The van der Waals surface area contributed by atoms with E-state index >= 15 is 0 Å². The third-order valence-corrected chi connectivity index (χ3v) is 3.81. The van der Waals surface area contributed by atoms with Gasteiger partial charge in [-0.1, -0.05) is 6.07 Å². The average molecular weight is 266 g/mol. The fourth-order valence-corrected chi connectivity index (χ4v) is 3.09. The summed E-state index contributed by atoms with van der Waals surface area (Å²) in [6.07, 6.45) is 0. The summed E-state index contributed by atoms with van der Waals surface area (Å²) in [5, 5.41) is 0.774. The minimum absolute atomic E-state index is 0. The Morgan fingerprint density at radius 3 is 2.67 bits per heavy atom. The molecule has 1 aromatic heterocycles. The molecule has 2 rings (SSSR count). The molecule has 1 heterocycles. The van der Waals surface area contributed by atoms with E-state index in [2.05, 4.69) is 4.98 Å². The Bertz CT molecular complexity index is 591. The molecule has 0 aliphatic rings. The Labute approximate surface area is 97.1 Å². The number of nitrogens with zero attached hydrogens (tertiary/aromatic N) is 1. The molecule has 0 atom stereocenters. The van der Waals surface area contributed by atoms with E-state index in [9.17, 15) is 8.42 Å². The normalized spacial score (nSPS) is 11.3. The fourth-order valence-electron chi connectivity index (χ4n) is 1.24. The van der Waals surface area contributed by atoms with Crippen LogP contribution in [0.3, 0.4) is 0 Å². The van der Waals surface area contributed by atoms with Crippen LogP contribution in [0.2, 0.25) is 0 Å². The van der Waals surface area contributed by atoms with Crippen molar-refractivity contribution < 1.29 is 13.0 Å². The first-order valence-corrected chi connectivity index (χ1v) is 6.08. The zero-order valence-corrected chi connectivity index (χ0v) is 10.1. The van der Waals surface area contributed by atoms with Crippen molar-refractivity contribution in [2.45, 2.75) is 11.8 Å². The lowest BCUT2D eigenvalue weighted by Crippen LogP contribution is -1.97. The second-order valence-corrected chi connectivity index (χ2v) is 5.41. The maximum atomic E-state index is 11.0. The van der Waals surface area contributed by atoms with Crippen molar-refractivity contribution in [1.82, 2.24) is 4.98 Å². The van der Waals surface area contributed by atoms with Crippen LogP contribution in [0.1, 0.15) is 5.01 Å². The van der Waals surface area contributed by atoms with Crippen molar-refractivity contribution in [3.8, 4) is 0 Å². The first kappa shape index (κ1) is 12.4. The summed E-state index contributed by atoms with van der Waals surface area (Å²) in [5.74, 6) is 0. The van der Waals surface area contributed by atoms with E-state index in [0.29, 0.717) is 10.2 Å². The fraction of sp³-hybridized carbons (Fsp3) is 0.125. The van der Waals surface area contributed by atoms with Crippen LogP contribution in [0, 0.1) is 6.92 Å². The van der Waals surface area contributed by atoms with E-state index < -0.39 is 10.1 Å². The maximum absolute atomic E-state index is 11.0. The van der Waals surface area contributed by atoms with Crippen LogP contribution in [-0.2, 0) is 10.1 Å². The molecule has 4 nitrogen and oxygen atoms in total. The van der Waals surface area contributed by atoms with Gasteiger partial charge >= 0.3 is 0 Å². The lowest BCUT2D eigenvalue weighted by Gasteiger charge is -1.96. The topological polar surface area (TPSA) is 67.3 Å². The van der Waals surface area contributed by atoms with Crippen molar-refractivity contribution >= 4 is 44.1 Å². The van der Waals surface area contributed by atoms with Crippen LogP contribution in [0.15, 0.2) is 23.1 Å². The molecule has 1 aromatic carbocycles. The lowest BCUT2D eigenvalue weighted by molar-refractivity contribution is 0.484. The van der Waals surface area contributed by atoms with Crippen LogP contribution in [0.4, 0.5) is 0 Å². The lowest BCUT2D eigenvalue weighted by atomic mass is 10.3. The number of fused-ring (bicyclic) bond motifs is 1. The molecule has 0 unspecified atom stereocenters. The van der Waals surface area contributed by atoms with Gasteiger partial charge in [0.25, 0.3) is 10.1 Å². The van der Waals surface area contributed by atoms with Crippen molar-refractivity contribution in [3.05, 3.63) is 23.2 Å². The quantitative estimate of drug-likeness (QED) is 0.803. The Morgan fingerprint density at radius 2 is 2.07 bits per heavy atom. The predicted molar refractivity (Wildman–Crippen MR) is 61.4 cm³/mol. The Kier molecular flexibility index (Phi) is 3.34. The first-order valence-electron chi connectivity index (χ1n) is 3.82. The van der Waals surface area contributed by atoms with Gasteiger partial charge in [0, 0.05) is 0 Å². The smallest absolute Gasteiger partial charge is 0.282 e. The zero-order valence-electron chi connectivity index (χ0n) is 7.67. The number of rotatable bonds is 1. The molecule has 0 saturated heterocycles. The van der Waals surface area contributed by atoms with E-state index in [1.54, 1.807) is 19.1 Å². The number of aryl methyl sites for hydroxylation is 1. The van der Waals surface area contributed by atoms with Gasteiger partial charge in [-0.15, -0.1) is 23.7 Å². The third-order valence-electron chi connectivity index (χ3n) is 1.76. The van der Waals surface area contributed by atoms with Gasteiger partial charge in [-0.05, 0) is 19.1 Å². The number of hydrogen-bond acceptors (Lipinski definition) is 4. The molecule has 0 aliphatic heterocycles. The van der Waals surface area contributed by atoms with Gasteiger partial charge in [-0.3, -0.25) is 4.55 Å². The summed E-state index contributed by atoms with van der Waals surface area (Å²) >= 11 is 1.26. The standard InChI is InChI=1S/C8H7NO3S2.ClH/c1-5-9-6-3-2-4-7(8(6)13-5)14(10,11)12;/h2-4H,1H3,(H,10,11,12);1H. The van der Waals surface area contributed by atoms with Gasteiger partial charge in [0.1, 0.15) is 4.90 Å². The van der Waals surface area contributed by atoms with Crippen molar-refractivity contribution in [2.75, 3.05) is 0 Å². The van der Waals surface area contributed by atoms with E-state index in [0.717, 1.165) is 5.01 Å². The molecule has 1 N–H and O–H groups in total. The van der Waals surface area contributed by atoms with E-state index in [1.807, 2.05) is 0 Å². The molecule has 0 saturated carbocycles. The van der Waals surface area contributed by atoms with Crippen molar-refractivity contribution in [1.29, 1.82) is 0 Å². The van der Waals surface area contributed by atoms with Crippen molar-refractivity contribution in [2.24, 2.45) is 0 Å². The van der Waals surface area contributed by atoms with Gasteiger partial charge in [-0.25, -0.2) is 4.98 Å². The molecular weight excluding hydrogens is 258 g/mol. The van der Waals surface area contributed by atoms with Crippen LogP contribution in [0.5, 0.6) is 0 Å². The average Bonchev–Trinajstić information content (AvgIpc) is 2.41. The molecule has 0 aliphatic carbocycles. The molecule has 0 amide bonds. The minimum atomic E-state index is -4.15. The number of aromatic nitrogens is 1. The Hall–Kier alpha value is -0.690. The third kappa shape index (κ3) is 2.28.